The molecule has 0 aliphatic heterocycles. The lowest BCUT2D eigenvalue weighted by Crippen LogP contribution is -2.15. The number of nitrogens with zero attached hydrogens (tertiary/aromatic N) is 2. The van der Waals surface area contributed by atoms with Gasteiger partial charge in [-0.3, -0.25) is 4.72 Å². The number of aryl methyl sites for hydroxylation is 1. The molecule has 0 saturated carbocycles. The molecular weight excluding hydrogens is 348 g/mol. The quantitative estimate of drug-likeness (QED) is 0.718. The summed E-state index contributed by atoms with van der Waals surface area (Å²) in [5.74, 6) is 0.235. The van der Waals surface area contributed by atoms with E-state index < -0.39 is 10.0 Å². The Balaban J connectivity index is 1.73. The molecule has 1 aromatic heterocycles. The minimum atomic E-state index is -3.69. The van der Waals surface area contributed by atoms with Crippen LogP contribution >= 0.6 is 0 Å². The van der Waals surface area contributed by atoms with E-state index in [1.165, 1.54) is 6.20 Å². The Morgan fingerprint density at radius 2 is 1.65 bits per heavy atom. The monoisotopic (exact) mass is 364 g/mol. The highest BCUT2D eigenvalue weighted by Gasteiger charge is 2.16. The molecule has 26 heavy (non-hydrogen) atoms. The SMILES string of the molecule is Cc1ccccc1S(=O)(=O)Nc1ccc(Nc2ccc(C#N)cc2)cn1. The molecule has 7 heteroatoms. The Labute approximate surface area is 152 Å². The molecule has 0 spiro atoms. The van der Waals surface area contributed by atoms with Gasteiger partial charge in [0, 0.05) is 5.69 Å². The van der Waals surface area contributed by atoms with Crippen molar-refractivity contribution in [3.05, 3.63) is 78.0 Å². The highest BCUT2D eigenvalue weighted by atomic mass is 32.2. The molecule has 0 atom stereocenters. The second kappa shape index (κ2) is 7.25. The number of benzene rings is 2. The van der Waals surface area contributed by atoms with Crippen LogP contribution in [0.3, 0.4) is 0 Å². The van der Waals surface area contributed by atoms with Crippen molar-refractivity contribution in [2.75, 3.05) is 10.0 Å². The van der Waals surface area contributed by atoms with Gasteiger partial charge in [0.15, 0.2) is 0 Å². The predicted octanol–water partition coefficient (Wildman–Crippen LogP) is 3.81. The number of hydrogen-bond acceptors (Lipinski definition) is 5. The number of aromatic nitrogens is 1. The van der Waals surface area contributed by atoms with Gasteiger partial charge in [-0.2, -0.15) is 5.26 Å². The lowest BCUT2D eigenvalue weighted by molar-refractivity contribution is 0.600. The first kappa shape index (κ1) is 17.5. The molecule has 0 aliphatic carbocycles. The number of nitrogens with one attached hydrogen (secondary N) is 2. The first-order chi connectivity index (χ1) is 12.5. The van der Waals surface area contributed by atoms with Crippen molar-refractivity contribution in [2.45, 2.75) is 11.8 Å². The Bertz CT molecular complexity index is 1050. The summed E-state index contributed by atoms with van der Waals surface area (Å²) in [6, 6.07) is 19.1. The third-order valence-electron chi connectivity index (χ3n) is 3.69. The first-order valence-corrected chi connectivity index (χ1v) is 9.28. The molecule has 0 aliphatic rings. The van der Waals surface area contributed by atoms with Crippen LogP contribution in [0.25, 0.3) is 0 Å². The fourth-order valence-corrected chi connectivity index (χ4v) is 3.63. The molecular formula is C19H16N4O2S. The van der Waals surface area contributed by atoms with Crippen molar-refractivity contribution in [2.24, 2.45) is 0 Å². The van der Waals surface area contributed by atoms with Crippen LogP contribution in [-0.4, -0.2) is 13.4 Å². The molecule has 6 nitrogen and oxygen atoms in total. The fourth-order valence-electron chi connectivity index (χ4n) is 2.37. The average molecular weight is 364 g/mol. The number of nitriles is 1. The van der Waals surface area contributed by atoms with E-state index in [1.807, 2.05) is 0 Å². The summed E-state index contributed by atoms with van der Waals surface area (Å²) in [5, 5.41) is 11.9. The number of pyridine rings is 1. The van der Waals surface area contributed by atoms with Crippen LogP contribution in [0.1, 0.15) is 11.1 Å². The van der Waals surface area contributed by atoms with Crippen molar-refractivity contribution in [3.63, 3.8) is 0 Å². The molecule has 3 aromatic rings. The van der Waals surface area contributed by atoms with E-state index >= 15 is 0 Å². The van der Waals surface area contributed by atoms with Crippen molar-refractivity contribution in [3.8, 4) is 6.07 Å². The zero-order valence-corrected chi connectivity index (χ0v) is 14.8. The maximum Gasteiger partial charge on any atom is 0.263 e. The minimum Gasteiger partial charge on any atom is -0.354 e. The smallest absolute Gasteiger partial charge is 0.263 e. The molecule has 0 unspecified atom stereocenters. The van der Waals surface area contributed by atoms with Gasteiger partial charge < -0.3 is 5.32 Å². The van der Waals surface area contributed by atoms with Crippen molar-refractivity contribution >= 4 is 27.2 Å². The zero-order chi connectivity index (χ0) is 18.6. The minimum absolute atomic E-state index is 0.224. The van der Waals surface area contributed by atoms with Gasteiger partial charge in [-0.05, 0) is 55.0 Å². The van der Waals surface area contributed by atoms with Gasteiger partial charge in [-0.1, -0.05) is 18.2 Å². The summed E-state index contributed by atoms with van der Waals surface area (Å²) < 4.78 is 27.4. The summed E-state index contributed by atoms with van der Waals surface area (Å²) >= 11 is 0. The predicted molar refractivity (Wildman–Crippen MR) is 101 cm³/mol. The Morgan fingerprint density at radius 1 is 0.962 bits per heavy atom. The van der Waals surface area contributed by atoms with E-state index in [1.54, 1.807) is 67.6 Å². The van der Waals surface area contributed by atoms with Crippen LogP contribution in [0.2, 0.25) is 0 Å². The molecule has 0 saturated heterocycles. The molecule has 0 fully saturated rings. The van der Waals surface area contributed by atoms with Gasteiger partial charge in [0.1, 0.15) is 5.82 Å². The number of anilines is 3. The van der Waals surface area contributed by atoms with Gasteiger partial charge in [0.05, 0.1) is 28.4 Å². The largest absolute Gasteiger partial charge is 0.354 e. The molecule has 0 radical (unpaired) electrons. The van der Waals surface area contributed by atoms with Gasteiger partial charge in [0.2, 0.25) is 0 Å². The van der Waals surface area contributed by atoms with Crippen LogP contribution in [-0.2, 0) is 10.0 Å². The molecule has 2 aromatic carbocycles. The first-order valence-electron chi connectivity index (χ1n) is 7.80. The van der Waals surface area contributed by atoms with Gasteiger partial charge in [-0.25, -0.2) is 13.4 Å². The van der Waals surface area contributed by atoms with Gasteiger partial charge >= 0.3 is 0 Å². The maximum absolute atomic E-state index is 12.5. The lowest BCUT2D eigenvalue weighted by atomic mass is 10.2. The maximum atomic E-state index is 12.5. The van der Waals surface area contributed by atoms with E-state index in [4.69, 9.17) is 5.26 Å². The normalized spacial score (nSPS) is 10.8. The number of hydrogen-bond donors (Lipinski definition) is 2. The summed E-state index contributed by atoms with van der Waals surface area (Å²) in [7, 11) is -3.69. The van der Waals surface area contributed by atoms with E-state index in [-0.39, 0.29) is 10.7 Å². The molecule has 0 bridgehead atoms. The highest BCUT2D eigenvalue weighted by Crippen LogP contribution is 2.20. The Kier molecular flexibility index (Phi) is 4.87. The molecule has 0 amide bonds. The van der Waals surface area contributed by atoms with E-state index in [0.29, 0.717) is 16.8 Å². The zero-order valence-electron chi connectivity index (χ0n) is 14.0. The van der Waals surface area contributed by atoms with E-state index in [9.17, 15) is 8.42 Å². The topological polar surface area (TPSA) is 94.9 Å². The fraction of sp³-hybridized carbons (Fsp3) is 0.0526. The summed E-state index contributed by atoms with van der Waals surface area (Å²) in [5.41, 5.74) is 2.75. The van der Waals surface area contributed by atoms with E-state index in [0.717, 1.165) is 5.69 Å². The van der Waals surface area contributed by atoms with Crippen LogP contribution in [0.15, 0.2) is 71.8 Å². The Hall–Kier alpha value is -3.37. The third-order valence-corrected chi connectivity index (χ3v) is 5.20. The summed E-state index contributed by atoms with van der Waals surface area (Å²) in [6.45, 7) is 1.74. The standard InChI is InChI=1S/C19H16N4O2S/c1-14-4-2-3-5-18(14)26(24,25)23-19-11-10-17(13-21-19)22-16-8-6-15(12-20)7-9-16/h2-11,13,22H,1H3,(H,21,23). The number of rotatable bonds is 5. The van der Waals surface area contributed by atoms with Crippen molar-refractivity contribution in [1.29, 1.82) is 5.26 Å². The van der Waals surface area contributed by atoms with Crippen LogP contribution < -0.4 is 10.0 Å². The molecule has 3 rings (SSSR count). The van der Waals surface area contributed by atoms with Crippen LogP contribution in [0, 0.1) is 18.3 Å². The van der Waals surface area contributed by atoms with Gasteiger partial charge in [-0.15, -0.1) is 0 Å². The third kappa shape index (κ3) is 3.99. The average Bonchev–Trinajstić information content (AvgIpc) is 2.64. The highest BCUT2D eigenvalue weighted by molar-refractivity contribution is 7.92. The summed E-state index contributed by atoms with van der Waals surface area (Å²) in [6.07, 6.45) is 1.54. The lowest BCUT2D eigenvalue weighted by Gasteiger charge is -2.10. The molecule has 2 N–H and O–H groups in total. The molecule has 1 heterocycles. The second-order valence-electron chi connectivity index (χ2n) is 5.62. The molecule has 130 valence electrons. The van der Waals surface area contributed by atoms with Crippen molar-refractivity contribution < 1.29 is 8.42 Å². The second-order valence-corrected chi connectivity index (χ2v) is 7.27. The summed E-state index contributed by atoms with van der Waals surface area (Å²) in [4.78, 5) is 4.37. The van der Waals surface area contributed by atoms with Crippen LogP contribution in [0.5, 0.6) is 0 Å². The van der Waals surface area contributed by atoms with E-state index in [2.05, 4.69) is 21.1 Å². The van der Waals surface area contributed by atoms with Crippen LogP contribution in [0.4, 0.5) is 17.2 Å². The van der Waals surface area contributed by atoms with Crippen molar-refractivity contribution in [1.82, 2.24) is 4.98 Å². The number of sulfonamides is 1. The van der Waals surface area contributed by atoms with Gasteiger partial charge in [0.25, 0.3) is 10.0 Å². The Morgan fingerprint density at radius 3 is 2.27 bits per heavy atom.